The minimum Gasteiger partial charge on any atom is -0.311 e. The van der Waals surface area contributed by atoms with Crippen LogP contribution in [0, 0.1) is 0 Å². The SMILES string of the molecule is CC(C)(C)c1cc(-c2ccc3c(c2)B2c4ccc(-n5c6ccccc6c6cc(-c7ccccc7)ccc65)cc4N(c4ccc(-c5ccc6c(c5)C(C)(C)CCC6(C)C)cc4)c4cc(-c5ccccc5)cc(c42)N3c2ccc(-c3ccc4c(c3)C(C)(C)CCC4(C)C)cc2)cc(C(C)(C)C)c1. The van der Waals surface area contributed by atoms with Crippen molar-refractivity contribution in [3.63, 3.8) is 0 Å². The lowest BCUT2D eigenvalue weighted by Gasteiger charge is -2.45. The van der Waals surface area contributed by atoms with Crippen LogP contribution in [-0.2, 0) is 32.5 Å². The molecule has 3 nitrogen and oxygen atoms in total. The molecule has 0 N–H and O–H groups in total. The van der Waals surface area contributed by atoms with Crippen LogP contribution in [0.1, 0.15) is 156 Å². The van der Waals surface area contributed by atoms with Gasteiger partial charge in [0.05, 0.1) is 11.0 Å². The standard InChI is InChI=1S/C96H92BN3/c1-91(2,3)71-51-69(52-72(59-71)92(4,5)6)68-36-46-86-83(56-68)97-82-44-41-75(100-84-28-22-21-27-76(84)77-53-65(35-45-85(77)100)61-23-17-15-18-24-61)60-87(82)99(74-39-31-64(32-40-74)67-34-43-79-81(55-67)96(13,14)50-48-94(79,9)10)89-58-70(62-25-19-16-20-26-62)57-88(90(89)97)98(86)73-37-29-63(30-38-73)66-33-42-78-80(54-66)95(11,12)49-47-93(78,7)8/h15-46,51-60H,47-50H2,1-14H3. The van der Waals surface area contributed by atoms with Crippen molar-refractivity contribution in [1.82, 2.24) is 4.57 Å². The Balaban J connectivity index is 0.921. The molecular formula is C96H92BN3. The van der Waals surface area contributed by atoms with Gasteiger partial charge in [-0.2, -0.15) is 0 Å². The van der Waals surface area contributed by atoms with E-state index in [0.717, 1.165) is 17.1 Å². The van der Waals surface area contributed by atoms with Crippen molar-refractivity contribution in [3.05, 3.63) is 288 Å². The molecule has 17 rings (SSSR count). The Labute approximate surface area is 594 Å². The Morgan fingerprint density at radius 2 is 0.690 bits per heavy atom. The van der Waals surface area contributed by atoms with Crippen molar-refractivity contribution < 1.29 is 0 Å². The highest BCUT2D eigenvalue weighted by atomic mass is 15.2. The van der Waals surface area contributed by atoms with Crippen LogP contribution in [0.5, 0.6) is 0 Å². The number of para-hydroxylation sites is 1. The molecule has 0 bridgehead atoms. The number of nitrogens with zero attached hydrogens (tertiary/aromatic N) is 3. The number of hydrogen-bond acceptors (Lipinski definition) is 2. The maximum absolute atomic E-state index is 2.63. The zero-order valence-electron chi connectivity index (χ0n) is 61.0. The number of rotatable bonds is 8. The van der Waals surface area contributed by atoms with Crippen LogP contribution in [-0.4, -0.2) is 11.3 Å². The van der Waals surface area contributed by atoms with E-state index in [0.29, 0.717) is 0 Å². The largest absolute Gasteiger partial charge is 0.311 e. The smallest absolute Gasteiger partial charge is 0.252 e. The van der Waals surface area contributed by atoms with Gasteiger partial charge in [0.25, 0.3) is 6.71 Å². The summed E-state index contributed by atoms with van der Waals surface area (Å²) in [5, 5.41) is 2.47. The molecular weight excluding hydrogens is 1210 g/mol. The van der Waals surface area contributed by atoms with E-state index < -0.39 is 0 Å². The van der Waals surface area contributed by atoms with Gasteiger partial charge in [-0.25, -0.2) is 0 Å². The van der Waals surface area contributed by atoms with Crippen LogP contribution in [0.2, 0.25) is 0 Å². The summed E-state index contributed by atoms with van der Waals surface area (Å²) in [5.74, 6) is 0. The first kappa shape index (κ1) is 63.5. The first-order valence-corrected chi connectivity index (χ1v) is 36.7. The first-order chi connectivity index (χ1) is 47.8. The van der Waals surface area contributed by atoms with Crippen LogP contribution in [0.15, 0.2) is 255 Å². The highest BCUT2D eigenvalue weighted by Crippen LogP contribution is 2.52. The fraction of sp³-hybridized carbons (Fsp3) is 0.250. The average Bonchev–Trinajstić information content (AvgIpc) is 0.698. The third-order valence-corrected chi connectivity index (χ3v) is 23.8. The molecule has 0 atom stereocenters. The van der Waals surface area contributed by atoms with Gasteiger partial charge in [-0.15, -0.1) is 0 Å². The van der Waals surface area contributed by atoms with E-state index in [4.69, 9.17) is 0 Å². The second kappa shape index (κ2) is 22.8. The fourth-order valence-electron chi connectivity index (χ4n) is 17.5. The Hall–Kier alpha value is -9.90. The van der Waals surface area contributed by atoms with Gasteiger partial charge in [-0.1, -0.05) is 279 Å². The van der Waals surface area contributed by atoms with Gasteiger partial charge in [0, 0.05) is 50.6 Å². The van der Waals surface area contributed by atoms with Gasteiger partial charge in [0.15, 0.2) is 0 Å². The zero-order chi connectivity index (χ0) is 69.2. The summed E-state index contributed by atoms with van der Waals surface area (Å²) in [5.41, 5.74) is 35.5. The van der Waals surface area contributed by atoms with Crippen molar-refractivity contribution >= 4 is 79.0 Å². The predicted molar refractivity (Wildman–Crippen MR) is 430 cm³/mol. The van der Waals surface area contributed by atoms with Crippen molar-refractivity contribution in [2.45, 2.75) is 155 Å². The van der Waals surface area contributed by atoms with Crippen LogP contribution in [0.25, 0.3) is 83.1 Å². The molecule has 2 aliphatic heterocycles. The van der Waals surface area contributed by atoms with E-state index in [-0.39, 0.29) is 39.2 Å². The highest BCUT2D eigenvalue weighted by molar-refractivity contribution is 7.00. The second-order valence-corrected chi connectivity index (χ2v) is 34.3. The third-order valence-electron chi connectivity index (χ3n) is 23.8. The minimum atomic E-state index is -0.148. The Kier molecular flexibility index (Phi) is 14.5. The molecule has 4 heteroatoms. The first-order valence-electron chi connectivity index (χ1n) is 36.7. The van der Waals surface area contributed by atoms with Crippen molar-refractivity contribution in [3.8, 4) is 61.3 Å². The predicted octanol–water partition coefficient (Wildman–Crippen LogP) is 24.5. The molecule has 13 aromatic rings. The lowest BCUT2D eigenvalue weighted by molar-refractivity contribution is 0.332. The van der Waals surface area contributed by atoms with Gasteiger partial charge in [-0.3, -0.25) is 0 Å². The molecule has 0 unspecified atom stereocenters. The van der Waals surface area contributed by atoms with E-state index >= 15 is 0 Å². The van der Waals surface area contributed by atoms with E-state index in [1.165, 1.54) is 176 Å². The quantitative estimate of drug-likeness (QED) is 0.141. The van der Waals surface area contributed by atoms with Crippen molar-refractivity contribution in [2.24, 2.45) is 0 Å². The van der Waals surface area contributed by atoms with Crippen molar-refractivity contribution in [1.29, 1.82) is 0 Å². The summed E-state index contributed by atoms with van der Waals surface area (Å²) in [7, 11) is 0. The normalized spacial score (nSPS) is 16.2. The summed E-state index contributed by atoms with van der Waals surface area (Å²) >= 11 is 0. The van der Waals surface area contributed by atoms with Gasteiger partial charge in [-0.05, 0) is 236 Å². The maximum Gasteiger partial charge on any atom is 0.252 e. The van der Waals surface area contributed by atoms with Crippen LogP contribution in [0.3, 0.4) is 0 Å². The van der Waals surface area contributed by atoms with Gasteiger partial charge in [0.1, 0.15) is 0 Å². The Bertz CT molecular complexity index is 5400. The average molecular weight is 1300 g/mol. The van der Waals surface area contributed by atoms with E-state index in [1.807, 2.05) is 0 Å². The van der Waals surface area contributed by atoms with Crippen LogP contribution in [0.4, 0.5) is 34.1 Å². The summed E-state index contributed by atoms with van der Waals surface area (Å²) in [6, 6.07) is 99.0. The molecule has 0 fully saturated rings. The molecule has 0 saturated heterocycles. The Morgan fingerprint density at radius 3 is 1.23 bits per heavy atom. The van der Waals surface area contributed by atoms with Crippen LogP contribution < -0.4 is 26.2 Å². The molecule has 12 aromatic carbocycles. The number of aromatic nitrogens is 1. The molecule has 4 aliphatic rings. The monoisotopic (exact) mass is 1300 g/mol. The maximum atomic E-state index is 2.63. The van der Waals surface area contributed by atoms with Gasteiger partial charge >= 0.3 is 0 Å². The highest BCUT2D eigenvalue weighted by Gasteiger charge is 2.45. The lowest BCUT2D eigenvalue weighted by atomic mass is 9.33. The molecule has 0 spiro atoms. The molecule has 3 heterocycles. The molecule has 0 radical (unpaired) electrons. The number of hydrogen-bond donors (Lipinski definition) is 0. The summed E-state index contributed by atoms with van der Waals surface area (Å²) in [4.78, 5) is 5.23. The molecule has 2 aliphatic carbocycles. The number of anilines is 6. The second-order valence-electron chi connectivity index (χ2n) is 34.3. The van der Waals surface area contributed by atoms with E-state index in [1.54, 1.807) is 0 Å². The summed E-state index contributed by atoms with van der Waals surface area (Å²) in [6.07, 6.45) is 4.74. The minimum absolute atomic E-state index is 0.0553. The molecule has 1 aromatic heterocycles. The Morgan fingerprint density at radius 1 is 0.280 bits per heavy atom. The molecule has 494 valence electrons. The van der Waals surface area contributed by atoms with E-state index in [9.17, 15) is 0 Å². The molecule has 0 amide bonds. The zero-order valence-corrected chi connectivity index (χ0v) is 61.0. The third kappa shape index (κ3) is 10.5. The number of fused-ring (bicyclic) bond motifs is 9. The number of benzene rings is 12. The molecule has 0 saturated carbocycles. The topological polar surface area (TPSA) is 11.4 Å². The summed E-state index contributed by atoms with van der Waals surface area (Å²) in [6.45, 7) is 33.4. The van der Waals surface area contributed by atoms with Crippen molar-refractivity contribution in [2.75, 3.05) is 9.80 Å². The fourth-order valence-corrected chi connectivity index (χ4v) is 17.5. The summed E-state index contributed by atoms with van der Waals surface area (Å²) < 4.78 is 2.51. The van der Waals surface area contributed by atoms with Gasteiger partial charge in [0.2, 0.25) is 0 Å². The molecule has 100 heavy (non-hydrogen) atoms. The van der Waals surface area contributed by atoms with Gasteiger partial charge < -0.3 is 14.4 Å². The lowest BCUT2D eigenvalue weighted by Crippen LogP contribution is -2.61. The van der Waals surface area contributed by atoms with Crippen LogP contribution >= 0.6 is 0 Å². The van der Waals surface area contributed by atoms with E-state index in [2.05, 4.69) is 366 Å².